The van der Waals surface area contributed by atoms with Crippen LogP contribution < -0.4 is 9.86 Å². The van der Waals surface area contributed by atoms with Crippen molar-refractivity contribution in [1.29, 1.82) is 0 Å². The molecular formula is CH2N2O4S. The second-order valence-electron chi connectivity index (χ2n) is 0.893. The molecule has 2 N–H and O–H groups in total. The normalized spacial score (nSPS) is 10.6. The number of hydrogen-bond donors (Lipinski definition) is 1. The first kappa shape index (κ1) is 7.18. The lowest BCUT2D eigenvalue weighted by Gasteiger charge is -1.87. The largest absolute Gasteiger partial charge is 0.464 e. The molecule has 2 radical (unpaired) electrons. The molecule has 0 atom stereocenters. The molecule has 0 aromatic heterocycles. The fourth-order valence-corrected chi connectivity index (χ4v) is 0.329. The lowest BCUT2D eigenvalue weighted by atomic mass is 11.3. The Morgan fingerprint density at radius 3 is 1.88 bits per heavy atom. The molecule has 1 amide bonds. The first-order valence-electron chi connectivity index (χ1n) is 1.40. The molecule has 0 aromatic rings. The molecule has 0 aliphatic rings. The van der Waals surface area contributed by atoms with E-state index in [1.807, 2.05) is 0 Å². The van der Waals surface area contributed by atoms with Crippen LogP contribution in [0.2, 0.25) is 0 Å². The zero-order chi connectivity index (χ0) is 6.78. The van der Waals surface area contributed by atoms with Gasteiger partial charge < -0.3 is 0 Å². The van der Waals surface area contributed by atoms with Crippen molar-refractivity contribution < 1.29 is 18.3 Å². The van der Waals surface area contributed by atoms with Crippen LogP contribution in [0.1, 0.15) is 0 Å². The summed E-state index contributed by atoms with van der Waals surface area (Å²) in [5.41, 5.74) is 0. The predicted octanol–water partition coefficient (Wildman–Crippen LogP) is -1.35. The highest BCUT2D eigenvalue weighted by Crippen LogP contribution is 1.69. The van der Waals surface area contributed by atoms with Crippen molar-refractivity contribution in [1.82, 2.24) is 9.86 Å². The summed E-state index contributed by atoms with van der Waals surface area (Å²) in [6.45, 7) is 0. The van der Waals surface area contributed by atoms with Crippen molar-refractivity contribution >= 4 is 16.3 Å². The van der Waals surface area contributed by atoms with Crippen molar-refractivity contribution in [3.8, 4) is 0 Å². The van der Waals surface area contributed by atoms with E-state index in [0.29, 0.717) is 0 Å². The third-order valence-electron chi connectivity index (χ3n) is 0.218. The number of rotatable bonds is 1. The van der Waals surface area contributed by atoms with Gasteiger partial charge in [-0.25, -0.2) is 14.6 Å². The molecule has 0 aliphatic carbocycles. The highest BCUT2D eigenvalue weighted by molar-refractivity contribution is 7.87. The maximum absolute atomic E-state index is 9.58. The van der Waals surface area contributed by atoms with Gasteiger partial charge in [0.15, 0.2) is 0 Å². The molecule has 0 rings (SSSR count). The van der Waals surface area contributed by atoms with Gasteiger partial charge in [-0.15, -0.1) is 5.14 Å². The van der Waals surface area contributed by atoms with Gasteiger partial charge in [-0.1, -0.05) is 0 Å². The van der Waals surface area contributed by atoms with E-state index in [9.17, 15) is 18.3 Å². The van der Waals surface area contributed by atoms with Crippen LogP contribution >= 0.6 is 0 Å². The van der Waals surface area contributed by atoms with Crippen molar-refractivity contribution in [3.05, 3.63) is 0 Å². The van der Waals surface area contributed by atoms with Gasteiger partial charge in [-0.2, -0.15) is 8.42 Å². The van der Waals surface area contributed by atoms with Crippen LogP contribution in [-0.2, 0) is 15.3 Å². The topological polar surface area (TPSA) is 107 Å². The minimum absolute atomic E-state index is 0.826. The minimum Gasteiger partial charge on any atom is -0.219 e. The van der Waals surface area contributed by atoms with Crippen molar-refractivity contribution in [2.75, 3.05) is 0 Å². The highest BCUT2D eigenvalue weighted by Gasteiger charge is 2.06. The number of carbonyl (C=O) groups is 1. The Hall–Kier alpha value is -0.820. The molecule has 6 nitrogen and oxygen atoms in total. The predicted molar refractivity (Wildman–Crippen MR) is 21.2 cm³/mol. The van der Waals surface area contributed by atoms with E-state index >= 15 is 0 Å². The molecule has 0 heterocycles. The Kier molecular flexibility index (Phi) is 1.77. The van der Waals surface area contributed by atoms with E-state index in [1.54, 1.807) is 0 Å². The average Bonchev–Trinajstić information content (AvgIpc) is 1.21. The molecule has 7 heteroatoms. The van der Waals surface area contributed by atoms with E-state index in [2.05, 4.69) is 0 Å². The molecule has 0 aliphatic heterocycles. The second kappa shape index (κ2) is 1.97. The van der Waals surface area contributed by atoms with Crippen LogP contribution in [0, 0.1) is 0 Å². The second-order valence-corrected chi connectivity index (χ2v) is 2.10. The minimum atomic E-state index is -4.39. The fourth-order valence-electron chi connectivity index (χ4n) is 0.110. The highest BCUT2D eigenvalue weighted by atomic mass is 32.2. The van der Waals surface area contributed by atoms with E-state index in [1.165, 1.54) is 0 Å². The number of hydrogen-bond acceptors (Lipinski definition) is 3. The zero-order valence-corrected chi connectivity index (χ0v) is 4.36. The van der Waals surface area contributed by atoms with Crippen LogP contribution in [0.3, 0.4) is 0 Å². The summed E-state index contributed by atoms with van der Waals surface area (Å²) in [5, 5.41) is 15.2. The molecule has 0 aromatic carbocycles. The van der Waals surface area contributed by atoms with E-state index in [0.717, 1.165) is 4.72 Å². The molecule has 0 saturated carbocycles. The molecule has 0 bridgehead atoms. The summed E-state index contributed by atoms with van der Waals surface area (Å²) >= 11 is 0. The van der Waals surface area contributed by atoms with Gasteiger partial charge in [0, 0.05) is 0 Å². The van der Waals surface area contributed by atoms with E-state index < -0.39 is 16.3 Å². The smallest absolute Gasteiger partial charge is 0.219 e. The zero-order valence-electron chi connectivity index (χ0n) is 3.54. The Balaban J connectivity index is 3.95. The van der Waals surface area contributed by atoms with Crippen molar-refractivity contribution in [3.63, 3.8) is 0 Å². The summed E-state index contributed by atoms with van der Waals surface area (Å²) in [6, 6.07) is 0. The van der Waals surface area contributed by atoms with Gasteiger partial charge in [0.25, 0.3) is 0 Å². The van der Waals surface area contributed by atoms with Crippen molar-refractivity contribution in [2.24, 2.45) is 0 Å². The van der Waals surface area contributed by atoms with Crippen molar-refractivity contribution in [2.45, 2.75) is 0 Å². The van der Waals surface area contributed by atoms with Crippen LogP contribution in [0.15, 0.2) is 0 Å². The van der Waals surface area contributed by atoms with Gasteiger partial charge in [-0.05, 0) is 0 Å². The quantitative estimate of drug-likeness (QED) is 0.484. The molecule has 0 unspecified atom stereocenters. The van der Waals surface area contributed by atoms with Crippen LogP contribution in [0.5, 0.6) is 0 Å². The molecule has 8 heavy (non-hydrogen) atoms. The first-order valence-corrected chi connectivity index (χ1v) is 2.88. The molecule has 46 valence electrons. The molecule has 0 spiro atoms. The summed E-state index contributed by atoms with van der Waals surface area (Å²) < 4.78 is 20.0. The summed E-state index contributed by atoms with van der Waals surface area (Å²) in [4.78, 5) is 9.29. The van der Waals surface area contributed by atoms with E-state index in [4.69, 9.17) is 5.14 Å². The van der Waals surface area contributed by atoms with Crippen LogP contribution in [0.4, 0.5) is 4.79 Å². The number of nitrogens with one attached hydrogen (secondary N) is 2. The summed E-state index contributed by atoms with van der Waals surface area (Å²) in [7, 11) is -4.39. The van der Waals surface area contributed by atoms with Gasteiger partial charge >= 0.3 is 16.3 Å². The molecule has 0 fully saturated rings. The lowest BCUT2D eigenvalue weighted by molar-refractivity contribution is 0.175. The first-order chi connectivity index (χ1) is 3.42. The maximum atomic E-state index is 9.58. The summed E-state index contributed by atoms with van der Waals surface area (Å²) in [6.07, 6.45) is -2.00. The van der Waals surface area contributed by atoms with Gasteiger partial charge in [0.05, 0.1) is 0 Å². The average molecular weight is 138 g/mol. The monoisotopic (exact) mass is 138 g/mol. The van der Waals surface area contributed by atoms with Crippen LogP contribution in [0.25, 0.3) is 0 Å². The lowest BCUT2D eigenvalue weighted by Crippen LogP contribution is -2.28. The number of amides is 1. The van der Waals surface area contributed by atoms with Gasteiger partial charge in [-0.3, -0.25) is 0 Å². The van der Waals surface area contributed by atoms with Gasteiger partial charge in [0.2, 0.25) is 0 Å². The van der Waals surface area contributed by atoms with Crippen LogP contribution in [-0.4, -0.2) is 14.5 Å². The molecular weight excluding hydrogens is 136 g/mol. The third kappa shape index (κ3) is 5.18. The molecule has 0 saturated heterocycles. The Bertz CT molecular complexity index is 180. The Morgan fingerprint density at radius 2 is 1.88 bits per heavy atom. The maximum Gasteiger partial charge on any atom is 0.464 e. The van der Waals surface area contributed by atoms with E-state index in [-0.39, 0.29) is 0 Å². The Labute approximate surface area is 45.5 Å². The Morgan fingerprint density at radius 1 is 1.50 bits per heavy atom. The number of carbonyl (C=O) groups excluding carboxylic acids is 1. The van der Waals surface area contributed by atoms with Gasteiger partial charge in [0.1, 0.15) is 0 Å². The summed E-state index contributed by atoms with van der Waals surface area (Å²) in [5.74, 6) is 0. The SMILES string of the molecule is [NH]S(=O)(=O)NC([O])=O. The standard InChI is InChI=1S/CH2N2O4S/c2-8(6,7)3-1(4)5/h2-3H. The third-order valence-corrected chi connectivity index (χ3v) is 0.653. The fraction of sp³-hybridized carbons (Fsp3) is 0.